The summed E-state index contributed by atoms with van der Waals surface area (Å²) in [5.74, 6) is 0.0977. The van der Waals surface area contributed by atoms with Crippen molar-refractivity contribution in [2.75, 3.05) is 19.6 Å². The lowest BCUT2D eigenvalue weighted by Gasteiger charge is -2.30. The number of carbonyl (C=O) groups is 1. The van der Waals surface area contributed by atoms with Crippen molar-refractivity contribution in [1.82, 2.24) is 15.2 Å². The molecule has 1 atom stereocenters. The Labute approximate surface area is 115 Å². The molecule has 1 unspecified atom stereocenters. The lowest BCUT2D eigenvalue weighted by molar-refractivity contribution is 0.0740. The largest absolute Gasteiger partial charge is 0.337 e. The molecule has 2 heterocycles. The molecule has 1 aromatic heterocycles. The Bertz CT molecular complexity index is 427. The molecule has 0 radical (unpaired) electrons. The molecule has 4 heteroatoms. The highest BCUT2D eigenvalue weighted by Gasteiger charge is 2.21. The maximum Gasteiger partial charge on any atom is 0.255 e. The van der Waals surface area contributed by atoms with E-state index < -0.39 is 0 Å². The number of hydrogen-bond donors (Lipinski definition) is 1. The van der Waals surface area contributed by atoms with Gasteiger partial charge in [-0.05, 0) is 45.4 Å². The fourth-order valence-corrected chi connectivity index (χ4v) is 2.58. The van der Waals surface area contributed by atoms with Crippen LogP contribution in [0.1, 0.15) is 42.2 Å². The number of likely N-dealkylation sites (N-methyl/N-ethyl adjacent to an activating group) is 1. The van der Waals surface area contributed by atoms with Crippen molar-refractivity contribution in [3.63, 3.8) is 0 Å². The number of aryl methyl sites for hydroxylation is 1. The van der Waals surface area contributed by atoms with E-state index in [2.05, 4.69) is 10.3 Å². The molecule has 0 saturated carbocycles. The molecule has 1 fully saturated rings. The number of hydrogen-bond acceptors (Lipinski definition) is 3. The van der Waals surface area contributed by atoms with E-state index in [0.29, 0.717) is 6.04 Å². The van der Waals surface area contributed by atoms with Crippen LogP contribution in [0.25, 0.3) is 0 Å². The SMILES string of the molecule is CCN(CC1CCCCN1)C(=O)c1cccnc1C. The predicted octanol–water partition coefficient (Wildman–Crippen LogP) is 1.99. The molecular weight excluding hydrogens is 238 g/mol. The molecule has 1 aromatic rings. The maximum absolute atomic E-state index is 12.5. The summed E-state index contributed by atoms with van der Waals surface area (Å²) in [5, 5.41) is 3.50. The summed E-state index contributed by atoms with van der Waals surface area (Å²) in [6, 6.07) is 4.13. The van der Waals surface area contributed by atoms with Gasteiger partial charge >= 0.3 is 0 Å². The van der Waals surface area contributed by atoms with E-state index in [1.54, 1.807) is 6.20 Å². The van der Waals surface area contributed by atoms with Crippen molar-refractivity contribution < 1.29 is 4.79 Å². The summed E-state index contributed by atoms with van der Waals surface area (Å²) in [6.07, 6.45) is 5.40. The van der Waals surface area contributed by atoms with Gasteiger partial charge in [-0.1, -0.05) is 6.42 Å². The van der Waals surface area contributed by atoms with Gasteiger partial charge in [0.2, 0.25) is 0 Å². The van der Waals surface area contributed by atoms with Crippen LogP contribution in [-0.4, -0.2) is 41.5 Å². The number of amides is 1. The van der Waals surface area contributed by atoms with E-state index >= 15 is 0 Å². The summed E-state index contributed by atoms with van der Waals surface area (Å²) < 4.78 is 0. The van der Waals surface area contributed by atoms with Gasteiger partial charge in [-0.3, -0.25) is 9.78 Å². The Morgan fingerprint density at radius 3 is 3.00 bits per heavy atom. The monoisotopic (exact) mass is 261 g/mol. The van der Waals surface area contributed by atoms with E-state index in [1.165, 1.54) is 12.8 Å². The first-order chi connectivity index (χ1) is 9.22. The van der Waals surface area contributed by atoms with Crippen molar-refractivity contribution in [2.45, 2.75) is 39.2 Å². The van der Waals surface area contributed by atoms with Crippen LogP contribution in [0.4, 0.5) is 0 Å². The molecule has 0 bridgehead atoms. The Morgan fingerprint density at radius 2 is 2.37 bits per heavy atom. The molecule has 1 saturated heterocycles. The zero-order valence-electron chi connectivity index (χ0n) is 11.9. The van der Waals surface area contributed by atoms with Crippen molar-refractivity contribution in [2.24, 2.45) is 0 Å². The number of carbonyl (C=O) groups excluding carboxylic acids is 1. The second kappa shape index (κ2) is 6.66. The standard InChI is InChI=1S/C15H23N3O/c1-3-18(11-13-7-4-5-9-17-13)15(19)14-8-6-10-16-12(14)2/h6,8,10,13,17H,3-5,7,9,11H2,1-2H3. The Hall–Kier alpha value is -1.42. The van der Waals surface area contributed by atoms with Gasteiger partial charge in [0.25, 0.3) is 5.91 Å². The highest BCUT2D eigenvalue weighted by atomic mass is 16.2. The molecule has 1 amide bonds. The van der Waals surface area contributed by atoms with Gasteiger partial charge in [0.05, 0.1) is 5.56 Å². The summed E-state index contributed by atoms with van der Waals surface area (Å²) >= 11 is 0. The number of nitrogens with one attached hydrogen (secondary N) is 1. The number of pyridine rings is 1. The van der Waals surface area contributed by atoms with E-state index in [9.17, 15) is 4.79 Å². The van der Waals surface area contributed by atoms with Crippen molar-refractivity contribution in [3.8, 4) is 0 Å². The molecule has 1 aliphatic heterocycles. The Kier molecular flexibility index (Phi) is 4.91. The first kappa shape index (κ1) is 14.0. The minimum absolute atomic E-state index is 0.0977. The van der Waals surface area contributed by atoms with Crippen LogP contribution in [0.3, 0.4) is 0 Å². The van der Waals surface area contributed by atoms with Crippen LogP contribution in [0, 0.1) is 6.92 Å². The predicted molar refractivity (Wildman–Crippen MR) is 76.2 cm³/mol. The zero-order valence-corrected chi connectivity index (χ0v) is 11.9. The second-order valence-corrected chi connectivity index (χ2v) is 5.13. The summed E-state index contributed by atoms with van der Waals surface area (Å²) in [5.41, 5.74) is 1.53. The van der Waals surface area contributed by atoms with E-state index in [4.69, 9.17) is 0 Å². The van der Waals surface area contributed by atoms with E-state index in [1.807, 2.05) is 30.9 Å². The van der Waals surface area contributed by atoms with E-state index in [0.717, 1.165) is 37.3 Å². The zero-order chi connectivity index (χ0) is 13.7. The Morgan fingerprint density at radius 1 is 1.53 bits per heavy atom. The lowest BCUT2D eigenvalue weighted by atomic mass is 10.0. The molecule has 1 N–H and O–H groups in total. The molecule has 1 aliphatic rings. The van der Waals surface area contributed by atoms with E-state index in [-0.39, 0.29) is 5.91 Å². The smallest absolute Gasteiger partial charge is 0.255 e. The van der Waals surface area contributed by atoms with Gasteiger partial charge in [-0.25, -0.2) is 0 Å². The number of nitrogens with zero attached hydrogens (tertiary/aromatic N) is 2. The van der Waals surface area contributed by atoms with Gasteiger partial charge in [0.15, 0.2) is 0 Å². The van der Waals surface area contributed by atoms with Crippen LogP contribution >= 0.6 is 0 Å². The minimum Gasteiger partial charge on any atom is -0.337 e. The van der Waals surface area contributed by atoms with Gasteiger partial charge in [-0.15, -0.1) is 0 Å². The highest BCUT2D eigenvalue weighted by Crippen LogP contribution is 2.12. The first-order valence-corrected chi connectivity index (χ1v) is 7.16. The van der Waals surface area contributed by atoms with Gasteiger partial charge < -0.3 is 10.2 Å². The number of aromatic nitrogens is 1. The number of piperidine rings is 1. The summed E-state index contributed by atoms with van der Waals surface area (Å²) in [4.78, 5) is 18.7. The van der Waals surface area contributed by atoms with Crippen LogP contribution in [-0.2, 0) is 0 Å². The van der Waals surface area contributed by atoms with Crippen LogP contribution < -0.4 is 5.32 Å². The summed E-state index contributed by atoms with van der Waals surface area (Å²) in [7, 11) is 0. The molecule has 104 valence electrons. The average molecular weight is 261 g/mol. The molecule has 0 spiro atoms. The number of rotatable bonds is 4. The summed E-state index contributed by atoms with van der Waals surface area (Å²) in [6.45, 7) is 6.53. The highest BCUT2D eigenvalue weighted by molar-refractivity contribution is 5.95. The fourth-order valence-electron chi connectivity index (χ4n) is 2.58. The molecule has 19 heavy (non-hydrogen) atoms. The lowest BCUT2D eigenvalue weighted by Crippen LogP contribution is -2.45. The second-order valence-electron chi connectivity index (χ2n) is 5.13. The molecule has 0 aliphatic carbocycles. The Balaban J connectivity index is 2.04. The fraction of sp³-hybridized carbons (Fsp3) is 0.600. The van der Waals surface area contributed by atoms with Crippen LogP contribution in [0.15, 0.2) is 18.3 Å². The van der Waals surface area contributed by atoms with Crippen LogP contribution in [0.5, 0.6) is 0 Å². The molecule has 0 aromatic carbocycles. The molecular formula is C15H23N3O. The first-order valence-electron chi connectivity index (χ1n) is 7.16. The molecule has 4 nitrogen and oxygen atoms in total. The van der Waals surface area contributed by atoms with Crippen molar-refractivity contribution >= 4 is 5.91 Å². The van der Waals surface area contributed by atoms with Gasteiger partial charge in [-0.2, -0.15) is 0 Å². The average Bonchev–Trinajstić information content (AvgIpc) is 2.46. The third-order valence-electron chi connectivity index (χ3n) is 3.76. The molecule has 2 rings (SSSR count). The topological polar surface area (TPSA) is 45.2 Å². The quantitative estimate of drug-likeness (QED) is 0.901. The van der Waals surface area contributed by atoms with Crippen LogP contribution in [0.2, 0.25) is 0 Å². The van der Waals surface area contributed by atoms with Gasteiger partial charge in [0, 0.05) is 31.0 Å². The normalized spacial score (nSPS) is 19.2. The third kappa shape index (κ3) is 3.53. The van der Waals surface area contributed by atoms with Gasteiger partial charge in [0.1, 0.15) is 0 Å². The third-order valence-corrected chi connectivity index (χ3v) is 3.76. The van der Waals surface area contributed by atoms with Crippen molar-refractivity contribution in [3.05, 3.63) is 29.6 Å². The van der Waals surface area contributed by atoms with Crippen molar-refractivity contribution in [1.29, 1.82) is 0 Å². The minimum atomic E-state index is 0.0977. The maximum atomic E-state index is 12.5.